The Balaban J connectivity index is 1.24. The summed E-state index contributed by atoms with van der Waals surface area (Å²) >= 11 is 0. The lowest BCUT2D eigenvalue weighted by Gasteiger charge is -2.53. The van der Waals surface area contributed by atoms with Crippen molar-refractivity contribution < 1.29 is 32.9 Å². The smallest absolute Gasteiger partial charge is 0.319 e. The summed E-state index contributed by atoms with van der Waals surface area (Å²) in [4.78, 5) is 37.6. The minimum absolute atomic E-state index is 0.00333. The second kappa shape index (κ2) is 15.7. The predicted octanol–water partition coefficient (Wildman–Crippen LogP) is 5.61. The van der Waals surface area contributed by atoms with Crippen LogP contribution < -0.4 is 20.1 Å². The van der Waals surface area contributed by atoms with Crippen molar-refractivity contribution in [1.82, 2.24) is 24.8 Å². The first-order valence-electron chi connectivity index (χ1n) is 19.8. The van der Waals surface area contributed by atoms with Gasteiger partial charge in [0.1, 0.15) is 34.0 Å². The van der Waals surface area contributed by atoms with E-state index in [0.717, 1.165) is 51.5 Å². The van der Waals surface area contributed by atoms with Crippen molar-refractivity contribution in [3.63, 3.8) is 0 Å². The molecule has 8 rings (SSSR count). The first-order chi connectivity index (χ1) is 27.5. The van der Waals surface area contributed by atoms with Crippen LogP contribution in [0.25, 0.3) is 32.9 Å². The molecule has 3 fully saturated rings. The SMILES string of the molecule is COc1nc(-c2cc(O)cc3cccc(F)c23)c(F)c2nc(OCC34CCCC3N(C3CC(OC)C3)CCC4)nc(N3CCCN=C(/C=C(\N)C(=O)N(C)C)C3)c12. The number of nitrogens with zero attached hydrogens (tertiary/aromatic N) is 7. The van der Waals surface area contributed by atoms with Crippen molar-refractivity contribution >= 4 is 39.1 Å². The number of carbonyl (C=O) groups is 1. The number of hydrogen-bond acceptors (Lipinski definition) is 12. The molecule has 2 aromatic heterocycles. The number of aromatic nitrogens is 3. The molecule has 3 N–H and O–H groups in total. The Hall–Kier alpha value is -5.15. The first-order valence-corrected chi connectivity index (χ1v) is 19.8. The molecule has 2 atom stereocenters. The Kier molecular flexibility index (Phi) is 10.6. The maximum Gasteiger partial charge on any atom is 0.319 e. The highest BCUT2D eigenvalue weighted by Gasteiger charge is 2.51. The van der Waals surface area contributed by atoms with Gasteiger partial charge in [-0.3, -0.25) is 14.7 Å². The van der Waals surface area contributed by atoms with E-state index in [1.54, 1.807) is 33.3 Å². The summed E-state index contributed by atoms with van der Waals surface area (Å²) in [5, 5.41) is 11.3. The van der Waals surface area contributed by atoms with Crippen molar-refractivity contribution in [3.05, 3.63) is 53.7 Å². The van der Waals surface area contributed by atoms with Crippen LogP contribution in [0.4, 0.5) is 14.6 Å². The molecule has 302 valence electrons. The fraction of sp³-hybridized carbons (Fsp3) is 0.500. The molecule has 2 aromatic carbocycles. The third-order valence-corrected chi connectivity index (χ3v) is 12.3. The van der Waals surface area contributed by atoms with E-state index in [0.29, 0.717) is 61.2 Å². The van der Waals surface area contributed by atoms with Crippen LogP contribution in [0.1, 0.15) is 51.4 Å². The molecular formula is C42H50F2N8O5. The van der Waals surface area contributed by atoms with E-state index in [1.165, 1.54) is 36.3 Å². The quantitative estimate of drug-likeness (QED) is 0.193. The van der Waals surface area contributed by atoms with Gasteiger partial charge in [-0.1, -0.05) is 18.6 Å². The highest BCUT2D eigenvalue weighted by molar-refractivity contribution is 6.07. The first kappa shape index (κ1) is 38.7. The summed E-state index contributed by atoms with van der Waals surface area (Å²) in [6, 6.07) is 7.97. The summed E-state index contributed by atoms with van der Waals surface area (Å²) in [6.07, 6.45) is 9.78. The van der Waals surface area contributed by atoms with Crippen LogP contribution in [-0.2, 0) is 9.53 Å². The highest BCUT2D eigenvalue weighted by atomic mass is 19.1. The zero-order valence-corrected chi connectivity index (χ0v) is 32.9. The lowest BCUT2D eigenvalue weighted by molar-refractivity contribution is -0.124. The minimum atomic E-state index is -0.850. The molecule has 2 saturated carbocycles. The Labute approximate surface area is 330 Å². The molecule has 4 heterocycles. The van der Waals surface area contributed by atoms with Crippen LogP contribution in [0.5, 0.6) is 17.6 Å². The second-order valence-corrected chi connectivity index (χ2v) is 16.0. The van der Waals surface area contributed by atoms with Crippen molar-refractivity contribution in [2.24, 2.45) is 16.1 Å². The fourth-order valence-corrected chi connectivity index (χ4v) is 9.44. The van der Waals surface area contributed by atoms with E-state index >= 15 is 8.78 Å². The Morgan fingerprint density at radius 3 is 2.65 bits per heavy atom. The van der Waals surface area contributed by atoms with Gasteiger partial charge >= 0.3 is 6.01 Å². The third-order valence-electron chi connectivity index (χ3n) is 12.3. The molecule has 0 bridgehead atoms. The number of halogens is 2. The average Bonchev–Trinajstić information content (AvgIpc) is 3.48. The lowest BCUT2D eigenvalue weighted by Crippen LogP contribution is -2.59. The van der Waals surface area contributed by atoms with Gasteiger partial charge in [0, 0.05) is 62.7 Å². The molecule has 4 aromatic rings. The summed E-state index contributed by atoms with van der Waals surface area (Å²) in [7, 11) is 6.44. The molecule has 13 nitrogen and oxygen atoms in total. The number of aromatic hydroxyl groups is 1. The number of pyridine rings is 1. The number of likely N-dealkylation sites (tertiary alicyclic amines) is 1. The zero-order chi connectivity index (χ0) is 40.0. The topological polar surface area (TPSA) is 152 Å². The van der Waals surface area contributed by atoms with Crippen LogP contribution >= 0.6 is 0 Å². The van der Waals surface area contributed by atoms with E-state index in [-0.39, 0.29) is 68.8 Å². The van der Waals surface area contributed by atoms with Crippen molar-refractivity contribution in [3.8, 4) is 28.9 Å². The number of methoxy groups -OCH3 is 2. The van der Waals surface area contributed by atoms with E-state index < -0.39 is 11.6 Å². The molecule has 0 radical (unpaired) electrons. The van der Waals surface area contributed by atoms with Gasteiger partial charge < -0.3 is 34.9 Å². The van der Waals surface area contributed by atoms with Gasteiger partial charge in [0.2, 0.25) is 5.88 Å². The summed E-state index contributed by atoms with van der Waals surface area (Å²) in [5.74, 6) is -1.67. The number of phenols is 1. The van der Waals surface area contributed by atoms with Crippen molar-refractivity contribution in [2.75, 3.05) is 66.0 Å². The van der Waals surface area contributed by atoms with Crippen molar-refractivity contribution in [1.29, 1.82) is 0 Å². The number of likely N-dealkylation sites (N-methyl/N-ethyl adjacent to an activating group) is 1. The fourth-order valence-electron chi connectivity index (χ4n) is 9.44. The van der Waals surface area contributed by atoms with Crippen LogP contribution in [0, 0.1) is 17.0 Å². The van der Waals surface area contributed by atoms with Crippen LogP contribution in [-0.4, -0.2) is 121 Å². The molecule has 0 spiro atoms. The van der Waals surface area contributed by atoms with Crippen LogP contribution in [0.3, 0.4) is 0 Å². The minimum Gasteiger partial charge on any atom is -0.508 e. The molecule has 2 unspecified atom stereocenters. The van der Waals surface area contributed by atoms with E-state index in [1.807, 2.05) is 4.90 Å². The Morgan fingerprint density at radius 2 is 1.88 bits per heavy atom. The molecular weight excluding hydrogens is 735 g/mol. The zero-order valence-electron chi connectivity index (χ0n) is 32.9. The molecule has 2 aliphatic carbocycles. The van der Waals surface area contributed by atoms with E-state index in [4.69, 9.17) is 34.9 Å². The molecule has 1 amide bonds. The van der Waals surface area contributed by atoms with Crippen LogP contribution in [0.15, 0.2) is 47.1 Å². The number of benzene rings is 2. The molecule has 57 heavy (non-hydrogen) atoms. The van der Waals surface area contributed by atoms with Gasteiger partial charge in [-0.25, -0.2) is 13.8 Å². The summed E-state index contributed by atoms with van der Waals surface area (Å²) in [6.45, 7) is 2.53. The number of ether oxygens (including phenoxy) is 3. The molecule has 15 heteroatoms. The molecule has 1 saturated heterocycles. The monoisotopic (exact) mass is 784 g/mol. The average molecular weight is 785 g/mol. The summed E-state index contributed by atoms with van der Waals surface area (Å²) < 4.78 is 50.9. The molecule has 4 aliphatic rings. The van der Waals surface area contributed by atoms with E-state index in [9.17, 15) is 9.90 Å². The molecule has 2 aliphatic heterocycles. The maximum atomic E-state index is 17.3. The second-order valence-electron chi connectivity index (χ2n) is 16.0. The standard InChI is InChI=1S/C42H50F2N8O5/c1-50(2)40(54)31(45)18-25-22-51(15-8-14-46-25)38-34-37(35(44)36(47-39(34)56-4)29-21-27(53)17-24-9-5-10-30(43)33(24)29)48-41(49-38)57-23-42-12-6-11-32(42)52(16-7-13-42)26-19-28(20-26)55-3/h5,9-10,17-18,21,26,28,32,53H,6-8,11-16,19-20,22-23,45H2,1-4H3/b31-18-. The van der Waals surface area contributed by atoms with Gasteiger partial charge in [-0.05, 0) is 81.2 Å². The van der Waals surface area contributed by atoms with Gasteiger partial charge in [0.25, 0.3) is 5.91 Å². The maximum absolute atomic E-state index is 17.3. The van der Waals surface area contributed by atoms with Crippen LogP contribution in [0.2, 0.25) is 0 Å². The van der Waals surface area contributed by atoms with Gasteiger partial charge in [0.15, 0.2) is 5.82 Å². The number of rotatable bonds is 10. The third kappa shape index (κ3) is 7.20. The Morgan fingerprint density at radius 1 is 1.07 bits per heavy atom. The highest BCUT2D eigenvalue weighted by Crippen LogP contribution is 2.50. The lowest BCUT2D eigenvalue weighted by atomic mass is 9.73. The Bertz CT molecular complexity index is 2260. The number of fused-ring (bicyclic) bond motifs is 3. The van der Waals surface area contributed by atoms with E-state index in [2.05, 4.69) is 9.88 Å². The number of phenolic OH excluding ortho intramolecular Hbond substituents is 1. The normalized spacial score (nSPS) is 24.2. The largest absolute Gasteiger partial charge is 0.508 e. The predicted molar refractivity (Wildman–Crippen MR) is 214 cm³/mol. The number of piperidine rings is 1. The number of carbonyl (C=O) groups excluding carboxylic acids is 1. The van der Waals surface area contributed by atoms with Crippen molar-refractivity contribution in [2.45, 2.75) is 69.6 Å². The summed E-state index contributed by atoms with van der Waals surface area (Å²) in [5.41, 5.74) is 6.32. The number of anilines is 1. The number of aliphatic imine (C=N–C) groups is 1. The van der Waals surface area contributed by atoms with Gasteiger partial charge in [-0.15, -0.1) is 0 Å². The van der Waals surface area contributed by atoms with Gasteiger partial charge in [-0.2, -0.15) is 9.97 Å². The van der Waals surface area contributed by atoms with Gasteiger partial charge in [0.05, 0.1) is 37.8 Å². The number of nitrogens with two attached hydrogens (primary N) is 1. The number of amides is 1. The number of hydrogen-bond donors (Lipinski definition) is 2.